The van der Waals surface area contributed by atoms with E-state index in [1.807, 2.05) is 55.8 Å². The van der Waals surface area contributed by atoms with Crippen molar-refractivity contribution in [1.82, 2.24) is 14.9 Å². The van der Waals surface area contributed by atoms with Gasteiger partial charge in [-0.15, -0.1) is 0 Å². The third kappa shape index (κ3) is 5.08. The van der Waals surface area contributed by atoms with Crippen molar-refractivity contribution in [2.24, 2.45) is 13.0 Å². The first-order valence-electron chi connectivity index (χ1n) is 10.2. The summed E-state index contributed by atoms with van der Waals surface area (Å²) in [6.45, 7) is 4.62. The summed E-state index contributed by atoms with van der Waals surface area (Å²) in [5, 5.41) is 5.94. The molecule has 0 saturated heterocycles. The van der Waals surface area contributed by atoms with Crippen molar-refractivity contribution in [2.75, 3.05) is 11.9 Å². The first-order valence-corrected chi connectivity index (χ1v) is 11.0. The number of aromatic nitrogens is 2. The number of benzene rings is 2. The first kappa shape index (κ1) is 22.0. The Hall–Kier alpha value is -2.67. The molecule has 0 unspecified atom stereocenters. The van der Waals surface area contributed by atoms with E-state index in [0.29, 0.717) is 24.2 Å². The highest BCUT2D eigenvalue weighted by molar-refractivity contribution is 9.10. The largest absolute Gasteiger partial charge is 0.355 e. The van der Waals surface area contributed by atoms with Crippen LogP contribution in [0.2, 0.25) is 0 Å². The first-order chi connectivity index (χ1) is 14.4. The summed E-state index contributed by atoms with van der Waals surface area (Å²) in [5.41, 5.74) is 3.07. The van der Waals surface area contributed by atoms with Crippen molar-refractivity contribution < 1.29 is 9.59 Å². The molecule has 0 radical (unpaired) electrons. The lowest BCUT2D eigenvalue weighted by Gasteiger charge is -2.12. The minimum absolute atomic E-state index is 0.0712. The van der Waals surface area contributed by atoms with Gasteiger partial charge in [-0.2, -0.15) is 0 Å². The van der Waals surface area contributed by atoms with Gasteiger partial charge in [-0.05, 0) is 49.2 Å². The van der Waals surface area contributed by atoms with Gasteiger partial charge in [-0.3, -0.25) is 9.59 Å². The van der Waals surface area contributed by atoms with Gasteiger partial charge in [-0.25, -0.2) is 4.98 Å². The number of anilines is 1. The van der Waals surface area contributed by atoms with Crippen LogP contribution in [-0.2, 0) is 18.3 Å². The molecule has 7 heteroatoms. The molecule has 0 aliphatic rings. The Morgan fingerprint density at radius 3 is 2.60 bits per heavy atom. The third-order valence-corrected chi connectivity index (χ3v) is 5.82. The SMILES string of the molecule is CCC(CC)C(=O)NCCc1nc2cc(NC(=O)c3cccc(Br)c3)ccc2n1C. The molecule has 3 rings (SSSR count). The van der Waals surface area contributed by atoms with E-state index in [-0.39, 0.29) is 17.7 Å². The van der Waals surface area contributed by atoms with Gasteiger partial charge < -0.3 is 15.2 Å². The molecular weight excluding hydrogens is 444 g/mol. The van der Waals surface area contributed by atoms with Crippen LogP contribution in [0, 0.1) is 5.92 Å². The van der Waals surface area contributed by atoms with Gasteiger partial charge in [0, 0.05) is 41.7 Å². The highest BCUT2D eigenvalue weighted by Gasteiger charge is 2.14. The standard InChI is InChI=1S/C23H27BrN4O2/c1-4-15(5-2)22(29)25-12-11-21-27-19-14-18(9-10-20(19)28(21)3)26-23(30)16-7-6-8-17(24)13-16/h6-10,13-15H,4-5,11-12H2,1-3H3,(H,25,29)(H,26,30). The van der Waals surface area contributed by atoms with Gasteiger partial charge >= 0.3 is 0 Å². The van der Waals surface area contributed by atoms with Crippen LogP contribution in [0.5, 0.6) is 0 Å². The quantitative estimate of drug-likeness (QED) is 0.501. The number of halogens is 1. The summed E-state index contributed by atoms with van der Waals surface area (Å²) in [6, 6.07) is 13.0. The summed E-state index contributed by atoms with van der Waals surface area (Å²) >= 11 is 3.39. The predicted octanol–water partition coefficient (Wildman–Crippen LogP) is 4.68. The number of amides is 2. The lowest BCUT2D eigenvalue weighted by atomic mass is 10.0. The number of rotatable bonds is 8. The monoisotopic (exact) mass is 470 g/mol. The number of imidazole rings is 1. The van der Waals surface area contributed by atoms with Gasteiger partial charge in [0.15, 0.2) is 0 Å². The molecule has 158 valence electrons. The normalized spacial score (nSPS) is 11.1. The van der Waals surface area contributed by atoms with Crippen LogP contribution >= 0.6 is 15.9 Å². The van der Waals surface area contributed by atoms with E-state index in [2.05, 4.69) is 26.6 Å². The summed E-state index contributed by atoms with van der Waals surface area (Å²) in [6.07, 6.45) is 2.35. The molecule has 0 atom stereocenters. The Labute approximate surface area is 185 Å². The molecule has 0 aliphatic carbocycles. The number of hydrogen-bond donors (Lipinski definition) is 2. The van der Waals surface area contributed by atoms with Crippen molar-refractivity contribution in [2.45, 2.75) is 33.1 Å². The zero-order valence-electron chi connectivity index (χ0n) is 17.5. The summed E-state index contributed by atoms with van der Waals surface area (Å²) in [7, 11) is 1.97. The van der Waals surface area contributed by atoms with Gasteiger partial charge in [0.25, 0.3) is 5.91 Å². The molecule has 3 aromatic rings. The minimum atomic E-state index is -0.170. The Morgan fingerprint density at radius 2 is 1.90 bits per heavy atom. The van der Waals surface area contributed by atoms with E-state index >= 15 is 0 Å². The van der Waals surface area contributed by atoms with Crippen LogP contribution in [0.3, 0.4) is 0 Å². The summed E-state index contributed by atoms with van der Waals surface area (Å²) in [4.78, 5) is 29.3. The van der Waals surface area contributed by atoms with E-state index in [1.165, 1.54) is 0 Å². The zero-order valence-corrected chi connectivity index (χ0v) is 19.1. The zero-order chi connectivity index (χ0) is 21.7. The van der Waals surface area contributed by atoms with Gasteiger partial charge in [0.05, 0.1) is 11.0 Å². The molecule has 2 N–H and O–H groups in total. The van der Waals surface area contributed by atoms with Crippen LogP contribution in [-0.4, -0.2) is 27.9 Å². The molecule has 0 fully saturated rings. The van der Waals surface area contributed by atoms with Crippen LogP contribution in [0.1, 0.15) is 42.9 Å². The molecule has 0 aliphatic heterocycles. The van der Waals surface area contributed by atoms with Crippen molar-refractivity contribution in [3.8, 4) is 0 Å². The van der Waals surface area contributed by atoms with Gasteiger partial charge in [0.1, 0.15) is 5.82 Å². The number of fused-ring (bicyclic) bond motifs is 1. The maximum atomic E-state index is 12.5. The maximum absolute atomic E-state index is 12.5. The number of aryl methyl sites for hydroxylation is 1. The van der Waals surface area contributed by atoms with E-state index in [0.717, 1.165) is 34.2 Å². The topological polar surface area (TPSA) is 76.0 Å². The molecule has 1 aromatic heterocycles. The number of hydrogen-bond acceptors (Lipinski definition) is 3. The highest BCUT2D eigenvalue weighted by Crippen LogP contribution is 2.21. The van der Waals surface area contributed by atoms with E-state index < -0.39 is 0 Å². The number of nitrogens with zero attached hydrogens (tertiary/aromatic N) is 2. The fraction of sp³-hybridized carbons (Fsp3) is 0.348. The average Bonchev–Trinajstić information content (AvgIpc) is 3.04. The number of carbonyl (C=O) groups is 2. The van der Waals surface area contributed by atoms with Crippen LogP contribution in [0.25, 0.3) is 11.0 Å². The Morgan fingerprint density at radius 1 is 1.13 bits per heavy atom. The summed E-state index contributed by atoms with van der Waals surface area (Å²) < 4.78 is 2.88. The Balaban J connectivity index is 1.68. The fourth-order valence-electron chi connectivity index (χ4n) is 3.49. The van der Waals surface area contributed by atoms with Crippen molar-refractivity contribution in [1.29, 1.82) is 0 Å². The Kier molecular flexibility index (Phi) is 7.26. The van der Waals surface area contributed by atoms with E-state index in [9.17, 15) is 9.59 Å². The van der Waals surface area contributed by atoms with Crippen molar-refractivity contribution in [3.63, 3.8) is 0 Å². The fourth-order valence-corrected chi connectivity index (χ4v) is 3.88. The molecule has 1 heterocycles. The second-order valence-corrected chi connectivity index (χ2v) is 8.23. The van der Waals surface area contributed by atoms with Gasteiger partial charge in [-0.1, -0.05) is 35.8 Å². The molecule has 2 aromatic carbocycles. The molecule has 30 heavy (non-hydrogen) atoms. The molecule has 0 spiro atoms. The smallest absolute Gasteiger partial charge is 0.255 e. The lowest BCUT2D eigenvalue weighted by Crippen LogP contribution is -2.32. The second-order valence-electron chi connectivity index (χ2n) is 7.31. The molecule has 6 nitrogen and oxygen atoms in total. The summed E-state index contributed by atoms with van der Waals surface area (Å²) in [5.74, 6) is 0.902. The van der Waals surface area contributed by atoms with Crippen LogP contribution < -0.4 is 10.6 Å². The molecular formula is C23H27BrN4O2. The molecule has 0 bridgehead atoms. The van der Waals surface area contributed by atoms with Gasteiger partial charge in [0.2, 0.25) is 5.91 Å². The number of nitrogens with one attached hydrogen (secondary N) is 2. The van der Waals surface area contributed by atoms with E-state index in [1.54, 1.807) is 12.1 Å². The lowest BCUT2D eigenvalue weighted by molar-refractivity contribution is -0.125. The Bertz CT molecular complexity index is 1060. The molecule has 2 amide bonds. The van der Waals surface area contributed by atoms with Crippen molar-refractivity contribution in [3.05, 3.63) is 58.3 Å². The average molecular weight is 471 g/mol. The van der Waals surface area contributed by atoms with Crippen molar-refractivity contribution >= 4 is 44.5 Å². The van der Waals surface area contributed by atoms with Crippen LogP contribution in [0.15, 0.2) is 46.9 Å². The number of carbonyl (C=O) groups excluding carboxylic acids is 2. The highest BCUT2D eigenvalue weighted by atomic mass is 79.9. The van der Waals surface area contributed by atoms with E-state index in [4.69, 9.17) is 4.98 Å². The second kappa shape index (κ2) is 9.89. The third-order valence-electron chi connectivity index (χ3n) is 5.32. The predicted molar refractivity (Wildman–Crippen MR) is 124 cm³/mol. The van der Waals surface area contributed by atoms with Crippen LogP contribution in [0.4, 0.5) is 5.69 Å². The molecule has 0 saturated carbocycles. The maximum Gasteiger partial charge on any atom is 0.255 e. The minimum Gasteiger partial charge on any atom is -0.355 e.